The molecule has 0 atom stereocenters. The number of aromatic hydroxyl groups is 2. The van der Waals surface area contributed by atoms with Crippen LogP contribution in [0.25, 0.3) is 33.8 Å². The van der Waals surface area contributed by atoms with Gasteiger partial charge in [0, 0.05) is 6.07 Å². The van der Waals surface area contributed by atoms with E-state index in [0.717, 1.165) is 11.1 Å². The van der Waals surface area contributed by atoms with Crippen LogP contribution in [0.3, 0.4) is 0 Å². The summed E-state index contributed by atoms with van der Waals surface area (Å²) in [6.07, 6.45) is 3.26. The Morgan fingerprint density at radius 3 is 2.58 bits per heavy atom. The highest BCUT2D eigenvalue weighted by Gasteiger charge is 2.16. The zero-order valence-electron chi connectivity index (χ0n) is 13.4. The number of fused-ring (bicyclic) bond motifs is 3. The molecule has 5 rings (SSSR count). The Hall–Kier alpha value is -3.94. The molecule has 8 heteroatoms. The number of hydrogen-bond donors (Lipinski definition) is 2. The minimum atomic E-state index is -0.0925. The van der Waals surface area contributed by atoms with E-state index in [2.05, 4.69) is 20.2 Å². The summed E-state index contributed by atoms with van der Waals surface area (Å²) in [4.78, 5) is 8.97. The molecule has 0 saturated heterocycles. The smallest absolute Gasteiger partial charge is 0.185 e. The van der Waals surface area contributed by atoms with Gasteiger partial charge in [0.1, 0.15) is 17.8 Å². The molecule has 0 radical (unpaired) electrons. The second-order valence-corrected chi connectivity index (χ2v) is 5.78. The van der Waals surface area contributed by atoms with E-state index in [9.17, 15) is 10.2 Å². The first-order valence-corrected chi connectivity index (χ1v) is 7.87. The van der Waals surface area contributed by atoms with Crippen LogP contribution in [0.5, 0.6) is 11.5 Å². The molecule has 2 N–H and O–H groups in total. The van der Waals surface area contributed by atoms with Gasteiger partial charge in [-0.15, -0.1) is 5.10 Å². The molecule has 8 nitrogen and oxygen atoms in total. The Bertz CT molecular complexity index is 1260. The monoisotopic (exact) mass is 344 g/mol. The van der Waals surface area contributed by atoms with Gasteiger partial charge in [0.25, 0.3) is 0 Å². The Labute approximate surface area is 146 Å². The van der Waals surface area contributed by atoms with E-state index in [1.807, 2.05) is 30.3 Å². The Balaban J connectivity index is 1.72. The van der Waals surface area contributed by atoms with Gasteiger partial charge in [-0.25, -0.2) is 19.2 Å². The van der Waals surface area contributed by atoms with Crippen molar-refractivity contribution >= 4 is 16.7 Å². The van der Waals surface area contributed by atoms with Crippen molar-refractivity contribution < 1.29 is 10.2 Å². The molecule has 0 aliphatic carbocycles. The summed E-state index contributed by atoms with van der Waals surface area (Å²) < 4.78 is 3.28. The largest absolute Gasteiger partial charge is 0.508 e. The predicted molar refractivity (Wildman–Crippen MR) is 94.2 cm³/mol. The highest BCUT2D eigenvalue weighted by Crippen LogP contribution is 2.31. The van der Waals surface area contributed by atoms with E-state index in [4.69, 9.17) is 0 Å². The maximum absolute atomic E-state index is 10.1. The summed E-state index contributed by atoms with van der Waals surface area (Å²) in [5.41, 5.74) is 2.57. The van der Waals surface area contributed by atoms with Gasteiger partial charge in [-0.1, -0.05) is 18.2 Å². The number of aromatic nitrogens is 6. The van der Waals surface area contributed by atoms with E-state index >= 15 is 0 Å². The van der Waals surface area contributed by atoms with Crippen LogP contribution >= 0.6 is 0 Å². The zero-order chi connectivity index (χ0) is 17.7. The van der Waals surface area contributed by atoms with Crippen LogP contribution in [0.15, 0.2) is 61.1 Å². The average molecular weight is 344 g/mol. The molecule has 126 valence electrons. The van der Waals surface area contributed by atoms with Gasteiger partial charge in [0.15, 0.2) is 17.1 Å². The summed E-state index contributed by atoms with van der Waals surface area (Å²) in [6.45, 7) is 0. The molecular formula is C18H12N6O2. The third kappa shape index (κ3) is 2.09. The minimum absolute atomic E-state index is 0.0248. The third-order valence-corrected chi connectivity index (χ3v) is 4.13. The number of benzene rings is 2. The molecule has 0 amide bonds. The summed E-state index contributed by atoms with van der Waals surface area (Å²) in [5.74, 6) is 0.220. The first-order chi connectivity index (χ1) is 12.7. The fourth-order valence-electron chi connectivity index (χ4n) is 2.90. The van der Waals surface area contributed by atoms with Crippen molar-refractivity contribution in [3.05, 3.63) is 61.1 Å². The number of rotatable bonds is 2. The first-order valence-electron chi connectivity index (χ1n) is 7.87. The van der Waals surface area contributed by atoms with E-state index in [0.29, 0.717) is 22.7 Å². The highest BCUT2D eigenvalue weighted by atomic mass is 16.3. The molecule has 0 saturated carbocycles. The molecule has 2 aromatic carbocycles. The van der Waals surface area contributed by atoms with Crippen LogP contribution in [0, 0.1) is 0 Å². The van der Waals surface area contributed by atoms with E-state index in [1.54, 1.807) is 27.8 Å². The molecule has 0 aliphatic heterocycles. The molecule has 0 spiro atoms. The fraction of sp³-hybridized carbons (Fsp3) is 0. The summed E-state index contributed by atoms with van der Waals surface area (Å²) >= 11 is 0. The Kier molecular flexibility index (Phi) is 2.93. The third-order valence-electron chi connectivity index (χ3n) is 4.13. The molecule has 3 heterocycles. The number of phenolic OH excluding ortho intramolecular Hbond substituents is 2. The molecule has 0 aliphatic rings. The molecule has 0 bridgehead atoms. The van der Waals surface area contributed by atoms with Crippen LogP contribution in [0.4, 0.5) is 0 Å². The minimum Gasteiger partial charge on any atom is -0.508 e. The zero-order valence-corrected chi connectivity index (χ0v) is 13.4. The fourth-order valence-corrected chi connectivity index (χ4v) is 2.90. The molecule has 0 fully saturated rings. The van der Waals surface area contributed by atoms with Crippen molar-refractivity contribution in [3.8, 4) is 28.6 Å². The Morgan fingerprint density at radius 1 is 0.923 bits per heavy atom. The van der Waals surface area contributed by atoms with Crippen LogP contribution < -0.4 is 0 Å². The lowest BCUT2D eigenvalue weighted by Crippen LogP contribution is -1.98. The lowest BCUT2D eigenvalue weighted by Gasteiger charge is -2.01. The number of para-hydroxylation sites is 1. The van der Waals surface area contributed by atoms with Crippen LogP contribution in [-0.4, -0.2) is 39.6 Å². The number of hydrogen-bond acceptors (Lipinski definition) is 6. The molecule has 26 heavy (non-hydrogen) atoms. The Morgan fingerprint density at radius 2 is 1.77 bits per heavy atom. The van der Waals surface area contributed by atoms with Crippen molar-refractivity contribution in [3.63, 3.8) is 0 Å². The molecule has 5 aromatic rings. The molecule has 3 aromatic heterocycles. The van der Waals surface area contributed by atoms with Gasteiger partial charge in [-0.2, -0.15) is 5.10 Å². The van der Waals surface area contributed by atoms with E-state index in [-0.39, 0.29) is 11.5 Å². The van der Waals surface area contributed by atoms with Gasteiger partial charge < -0.3 is 10.2 Å². The number of nitrogens with zero attached hydrogens (tertiary/aromatic N) is 6. The normalized spacial score (nSPS) is 11.4. The highest BCUT2D eigenvalue weighted by molar-refractivity contribution is 5.90. The molecular weight excluding hydrogens is 332 g/mol. The maximum atomic E-state index is 10.1. The van der Waals surface area contributed by atoms with Gasteiger partial charge in [-0.05, 0) is 24.3 Å². The van der Waals surface area contributed by atoms with Crippen molar-refractivity contribution in [2.45, 2.75) is 0 Å². The van der Waals surface area contributed by atoms with Gasteiger partial charge in [-0.3, -0.25) is 0 Å². The maximum Gasteiger partial charge on any atom is 0.185 e. The second kappa shape index (κ2) is 5.28. The summed E-state index contributed by atoms with van der Waals surface area (Å²) in [7, 11) is 0. The standard InChI is InChI=1S/C18H12N6O2/c25-12-6-7-13(15(26)8-12)16-21-18-14-9-20-24(11-4-2-1-3-5-11)17(14)19-10-23(18)22-16/h1-10,25-26H. The van der Waals surface area contributed by atoms with Gasteiger partial charge in [0.05, 0.1) is 22.8 Å². The lowest BCUT2D eigenvalue weighted by molar-refractivity contribution is 0.451. The van der Waals surface area contributed by atoms with Crippen molar-refractivity contribution in [1.29, 1.82) is 0 Å². The van der Waals surface area contributed by atoms with Gasteiger partial charge >= 0.3 is 0 Å². The predicted octanol–water partition coefficient (Wildman–Crippen LogP) is 2.54. The molecule has 0 unspecified atom stereocenters. The van der Waals surface area contributed by atoms with Crippen molar-refractivity contribution in [2.75, 3.05) is 0 Å². The van der Waals surface area contributed by atoms with Crippen LogP contribution in [0.1, 0.15) is 0 Å². The summed E-state index contributed by atoms with van der Waals surface area (Å²) in [5, 5.41) is 29.0. The van der Waals surface area contributed by atoms with Crippen molar-refractivity contribution in [1.82, 2.24) is 29.4 Å². The SMILES string of the molecule is Oc1ccc(-c2nc3c4cnn(-c5ccccc5)c4ncn3n2)c(O)c1. The number of phenols is 2. The van der Waals surface area contributed by atoms with Gasteiger partial charge in [0.2, 0.25) is 0 Å². The van der Waals surface area contributed by atoms with Crippen LogP contribution in [-0.2, 0) is 0 Å². The topological polar surface area (TPSA) is 101 Å². The average Bonchev–Trinajstić information content (AvgIpc) is 3.26. The quantitative estimate of drug-likeness (QED) is 0.510. The summed E-state index contributed by atoms with van der Waals surface area (Å²) in [6, 6.07) is 14.0. The van der Waals surface area contributed by atoms with E-state index in [1.165, 1.54) is 12.1 Å². The first kappa shape index (κ1) is 14.4. The second-order valence-electron chi connectivity index (χ2n) is 5.78. The van der Waals surface area contributed by atoms with E-state index < -0.39 is 0 Å². The van der Waals surface area contributed by atoms with Crippen molar-refractivity contribution in [2.24, 2.45) is 0 Å². The van der Waals surface area contributed by atoms with Crippen LogP contribution in [0.2, 0.25) is 0 Å². The lowest BCUT2D eigenvalue weighted by atomic mass is 10.2.